The Hall–Kier alpha value is -2.08. The molecule has 0 amide bonds. The lowest BCUT2D eigenvalue weighted by Crippen LogP contribution is -2.44. The quantitative estimate of drug-likeness (QED) is 0.843. The number of aliphatic hydroxyl groups excluding tert-OH is 1. The molecule has 0 aliphatic rings. The summed E-state index contributed by atoms with van der Waals surface area (Å²) in [5.74, 6) is 6.55. The maximum absolute atomic E-state index is 9.73. The first-order valence-electron chi connectivity index (χ1n) is 7.99. The van der Waals surface area contributed by atoms with Gasteiger partial charge in [0.2, 0.25) is 0 Å². The lowest BCUT2D eigenvalue weighted by Gasteiger charge is -2.32. The van der Waals surface area contributed by atoms with E-state index in [1.54, 1.807) is 0 Å². The minimum absolute atomic E-state index is 0.0298. The van der Waals surface area contributed by atoms with E-state index in [2.05, 4.69) is 50.1 Å². The molecular weight excluding hydrogens is 282 g/mol. The van der Waals surface area contributed by atoms with Crippen molar-refractivity contribution in [2.45, 2.75) is 32.9 Å². The molecule has 2 aromatic rings. The van der Waals surface area contributed by atoms with E-state index >= 15 is 0 Å². The van der Waals surface area contributed by atoms with Crippen LogP contribution in [0.15, 0.2) is 60.7 Å². The van der Waals surface area contributed by atoms with Crippen LogP contribution in [0.5, 0.6) is 0 Å². The zero-order valence-corrected chi connectivity index (χ0v) is 14.1. The van der Waals surface area contributed by atoms with Crippen molar-refractivity contribution < 1.29 is 5.11 Å². The fraction of sp³-hybridized carbons (Fsp3) is 0.333. The normalized spacial score (nSPS) is 13.7. The summed E-state index contributed by atoms with van der Waals surface area (Å²) in [5.41, 5.74) is 2.06. The third kappa shape index (κ3) is 5.25. The summed E-state index contributed by atoms with van der Waals surface area (Å²) >= 11 is 0. The second-order valence-corrected chi connectivity index (χ2v) is 6.75. The monoisotopic (exact) mass is 307 g/mol. The second-order valence-electron chi connectivity index (χ2n) is 6.75. The Balaban J connectivity index is 2.28. The Morgan fingerprint density at radius 1 is 0.957 bits per heavy atom. The molecule has 0 saturated heterocycles. The molecule has 0 aliphatic heterocycles. The molecule has 2 atom stereocenters. The zero-order valence-electron chi connectivity index (χ0n) is 14.1. The van der Waals surface area contributed by atoms with Crippen LogP contribution in [0.4, 0.5) is 0 Å². The van der Waals surface area contributed by atoms with Crippen LogP contribution >= 0.6 is 0 Å². The lowest BCUT2D eigenvalue weighted by atomic mass is 9.86. The summed E-state index contributed by atoms with van der Waals surface area (Å²) in [6.07, 6.45) is 0. The van der Waals surface area contributed by atoms with Gasteiger partial charge in [-0.3, -0.25) is 5.32 Å². The predicted octanol–water partition coefficient (Wildman–Crippen LogP) is 3.78. The van der Waals surface area contributed by atoms with Gasteiger partial charge in [-0.1, -0.05) is 81.1 Å². The first-order valence-corrected chi connectivity index (χ1v) is 7.99. The minimum Gasteiger partial charge on any atom is -0.395 e. The van der Waals surface area contributed by atoms with Gasteiger partial charge in [0.05, 0.1) is 12.6 Å². The standard InChI is InChI=1S/C21H25NO/c1-21(2,3)20(16-23)22-19(18-12-8-5-9-13-18)15-14-17-10-6-4-7-11-17/h4-13,19-20,22-23H,16H2,1-3H3. The van der Waals surface area contributed by atoms with E-state index in [1.165, 1.54) is 0 Å². The highest BCUT2D eigenvalue weighted by Gasteiger charge is 2.26. The van der Waals surface area contributed by atoms with Crippen molar-refractivity contribution in [3.05, 3.63) is 71.8 Å². The Kier molecular flexibility index (Phi) is 5.98. The number of rotatable bonds is 4. The van der Waals surface area contributed by atoms with E-state index in [0.29, 0.717) is 0 Å². The number of benzene rings is 2. The van der Waals surface area contributed by atoms with Crippen molar-refractivity contribution in [2.75, 3.05) is 6.61 Å². The summed E-state index contributed by atoms with van der Waals surface area (Å²) in [6.45, 7) is 6.44. The van der Waals surface area contributed by atoms with Crippen LogP contribution in [0.25, 0.3) is 0 Å². The average Bonchev–Trinajstić information content (AvgIpc) is 2.55. The van der Waals surface area contributed by atoms with Crippen molar-refractivity contribution in [1.29, 1.82) is 0 Å². The van der Waals surface area contributed by atoms with E-state index in [0.717, 1.165) is 11.1 Å². The molecule has 0 bridgehead atoms. The molecule has 2 N–H and O–H groups in total. The van der Waals surface area contributed by atoms with E-state index in [9.17, 15) is 5.11 Å². The number of hydrogen-bond acceptors (Lipinski definition) is 2. The molecule has 0 spiro atoms. The average molecular weight is 307 g/mol. The maximum Gasteiger partial charge on any atom is 0.0952 e. The summed E-state index contributed by atoms with van der Waals surface area (Å²) in [7, 11) is 0. The van der Waals surface area contributed by atoms with Crippen LogP contribution in [0.2, 0.25) is 0 Å². The molecule has 2 nitrogen and oxygen atoms in total. The molecule has 0 heterocycles. The Morgan fingerprint density at radius 3 is 2.04 bits per heavy atom. The molecule has 2 heteroatoms. The summed E-state index contributed by atoms with van der Waals surface area (Å²) in [4.78, 5) is 0. The van der Waals surface area contributed by atoms with Crippen LogP contribution in [0, 0.1) is 17.3 Å². The van der Waals surface area contributed by atoms with Crippen molar-refractivity contribution in [2.24, 2.45) is 5.41 Å². The van der Waals surface area contributed by atoms with Gasteiger partial charge in [0, 0.05) is 11.6 Å². The molecule has 0 radical (unpaired) electrons. The molecule has 0 aliphatic carbocycles. The van der Waals surface area contributed by atoms with Crippen LogP contribution in [0.3, 0.4) is 0 Å². The molecule has 0 aromatic heterocycles. The number of hydrogen-bond donors (Lipinski definition) is 2. The third-order valence-corrected chi connectivity index (χ3v) is 3.86. The van der Waals surface area contributed by atoms with Crippen LogP contribution in [0.1, 0.15) is 37.9 Å². The van der Waals surface area contributed by atoms with Gasteiger partial charge in [-0.25, -0.2) is 0 Å². The first-order chi connectivity index (χ1) is 11.0. The number of nitrogens with one attached hydrogen (secondary N) is 1. The van der Waals surface area contributed by atoms with E-state index in [-0.39, 0.29) is 24.1 Å². The fourth-order valence-electron chi connectivity index (χ4n) is 2.32. The second kappa shape index (κ2) is 7.97. The van der Waals surface area contributed by atoms with Gasteiger partial charge in [0.15, 0.2) is 0 Å². The Bertz CT molecular complexity index is 647. The third-order valence-electron chi connectivity index (χ3n) is 3.86. The largest absolute Gasteiger partial charge is 0.395 e. The first kappa shape index (κ1) is 17.3. The molecule has 23 heavy (non-hydrogen) atoms. The van der Waals surface area contributed by atoms with Gasteiger partial charge in [0.1, 0.15) is 0 Å². The molecule has 120 valence electrons. The zero-order chi connectivity index (χ0) is 16.7. The van der Waals surface area contributed by atoms with Crippen molar-refractivity contribution in [3.63, 3.8) is 0 Å². The highest BCUT2D eigenvalue weighted by molar-refractivity contribution is 5.37. The Labute approximate surface area is 139 Å². The maximum atomic E-state index is 9.73. The van der Waals surface area contributed by atoms with Crippen molar-refractivity contribution in [1.82, 2.24) is 5.32 Å². The Morgan fingerprint density at radius 2 is 1.52 bits per heavy atom. The summed E-state index contributed by atoms with van der Waals surface area (Å²) in [6, 6.07) is 20.0. The molecule has 0 saturated carbocycles. The molecule has 0 fully saturated rings. The minimum atomic E-state index is -0.118. The van der Waals surface area contributed by atoms with Crippen LogP contribution < -0.4 is 5.32 Å². The fourth-order valence-corrected chi connectivity index (χ4v) is 2.32. The highest BCUT2D eigenvalue weighted by atomic mass is 16.3. The van der Waals surface area contributed by atoms with Gasteiger partial charge < -0.3 is 5.11 Å². The highest BCUT2D eigenvalue weighted by Crippen LogP contribution is 2.22. The van der Waals surface area contributed by atoms with Gasteiger partial charge >= 0.3 is 0 Å². The van der Waals surface area contributed by atoms with E-state index < -0.39 is 0 Å². The number of aliphatic hydroxyl groups is 1. The molecule has 2 unspecified atom stereocenters. The molecule has 2 rings (SSSR count). The molecule has 2 aromatic carbocycles. The summed E-state index contributed by atoms with van der Waals surface area (Å²) < 4.78 is 0. The SMILES string of the molecule is CC(C)(C)C(CO)NC(C#Cc1ccccc1)c1ccccc1. The van der Waals surface area contributed by atoms with Crippen molar-refractivity contribution >= 4 is 0 Å². The lowest BCUT2D eigenvalue weighted by molar-refractivity contribution is 0.154. The van der Waals surface area contributed by atoms with Crippen LogP contribution in [-0.2, 0) is 0 Å². The van der Waals surface area contributed by atoms with E-state index in [1.807, 2.05) is 48.5 Å². The van der Waals surface area contributed by atoms with E-state index in [4.69, 9.17) is 0 Å². The van der Waals surface area contributed by atoms with Gasteiger partial charge in [-0.15, -0.1) is 0 Å². The van der Waals surface area contributed by atoms with Gasteiger partial charge in [-0.2, -0.15) is 0 Å². The van der Waals surface area contributed by atoms with Crippen molar-refractivity contribution in [3.8, 4) is 11.8 Å². The summed E-state index contributed by atoms with van der Waals surface area (Å²) in [5, 5.41) is 13.2. The topological polar surface area (TPSA) is 32.3 Å². The predicted molar refractivity (Wildman–Crippen MR) is 96.0 cm³/mol. The van der Waals surface area contributed by atoms with Gasteiger partial charge in [0.25, 0.3) is 0 Å². The van der Waals surface area contributed by atoms with Crippen LogP contribution in [-0.4, -0.2) is 17.8 Å². The smallest absolute Gasteiger partial charge is 0.0952 e. The van der Waals surface area contributed by atoms with Gasteiger partial charge in [-0.05, 0) is 23.1 Å². The molecular formula is C21H25NO.